The summed E-state index contributed by atoms with van der Waals surface area (Å²) in [6.45, 7) is 1.89. The van der Waals surface area contributed by atoms with Crippen LogP contribution in [-0.2, 0) is 0 Å². The predicted molar refractivity (Wildman–Crippen MR) is 86.7 cm³/mol. The van der Waals surface area contributed by atoms with Crippen LogP contribution in [0.15, 0.2) is 48.7 Å². The van der Waals surface area contributed by atoms with Crippen molar-refractivity contribution < 1.29 is 4.74 Å². The van der Waals surface area contributed by atoms with Crippen LogP contribution in [0.2, 0.25) is 0 Å². The van der Waals surface area contributed by atoms with Crippen molar-refractivity contribution in [1.82, 2.24) is 9.97 Å². The lowest BCUT2D eigenvalue weighted by atomic mass is 10.2. The Morgan fingerprint density at radius 2 is 2.05 bits per heavy atom. The Kier molecular flexibility index (Phi) is 3.50. The summed E-state index contributed by atoms with van der Waals surface area (Å²) in [5.41, 5.74) is 8.03. The van der Waals surface area contributed by atoms with Crippen molar-refractivity contribution in [3.63, 3.8) is 0 Å². The number of nitrogens with zero attached hydrogens (tertiary/aromatic N) is 2. The van der Waals surface area contributed by atoms with E-state index in [2.05, 4.69) is 9.97 Å². The number of aryl methyl sites for hydroxylation is 1. The molecule has 0 unspecified atom stereocenters. The van der Waals surface area contributed by atoms with Gasteiger partial charge in [0.05, 0.1) is 11.1 Å². The maximum atomic E-state index is 5.84. The number of aromatic nitrogens is 2. The summed E-state index contributed by atoms with van der Waals surface area (Å²) in [5, 5.41) is 1.05. The zero-order chi connectivity index (χ0) is 14.8. The third kappa shape index (κ3) is 2.83. The summed E-state index contributed by atoms with van der Waals surface area (Å²) < 4.78 is 5.84. The minimum Gasteiger partial charge on any atom is -0.438 e. The highest BCUT2D eigenvalue weighted by Gasteiger charge is 2.10. The summed E-state index contributed by atoms with van der Waals surface area (Å²) >= 11 is 5.03. The standard InChI is InChI=1S/C16H13N3OS/c1-10-4-7-13(15(17)21)16(19-10)20-12-6-5-11-3-2-8-18-14(11)9-12/h2-9H,1H3,(H2,17,21). The topological polar surface area (TPSA) is 61.0 Å². The fourth-order valence-corrected chi connectivity index (χ4v) is 2.17. The Hall–Kier alpha value is -2.53. The van der Waals surface area contributed by atoms with E-state index in [1.54, 1.807) is 6.20 Å². The normalized spacial score (nSPS) is 10.5. The molecule has 0 aliphatic heterocycles. The molecule has 2 aromatic heterocycles. The zero-order valence-electron chi connectivity index (χ0n) is 11.4. The number of rotatable bonds is 3. The third-order valence-electron chi connectivity index (χ3n) is 3.06. The van der Waals surface area contributed by atoms with Gasteiger partial charge in [-0.25, -0.2) is 4.98 Å². The van der Waals surface area contributed by atoms with E-state index in [9.17, 15) is 0 Å². The molecule has 0 bridgehead atoms. The Balaban J connectivity index is 2.02. The lowest BCUT2D eigenvalue weighted by molar-refractivity contribution is 0.461. The quantitative estimate of drug-likeness (QED) is 0.751. The molecular formula is C16H13N3OS. The molecule has 104 valence electrons. The average molecular weight is 295 g/mol. The minimum atomic E-state index is 0.261. The maximum Gasteiger partial charge on any atom is 0.229 e. The van der Waals surface area contributed by atoms with Crippen LogP contribution in [0.1, 0.15) is 11.3 Å². The molecule has 4 nitrogen and oxygen atoms in total. The Morgan fingerprint density at radius 1 is 1.19 bits per heavy atom. The van der Waals surface area contributed by atoms with Gasteiger partial charge in [0.2, 0.25) is 5.88 Å². The fraction of sp³-hybridized carbons (Fsp3) is 0.0625. The second-order valence-corrected chi connectivity index (χ2v) is 5.07. The van der Waals surface area contributed by atoms with Crippen molar-refractivity contribution in [2.75, 3.05) is 0 Å². The summed E-state index contributed by atoms with van der Waals surface area (Å²) in [4.78, 5) is 8.93. The Labute approximate surface area is 127 Å². The molecule has 0 radical (unpaired) electrons. The number of hydrogen-bond acceptors (Lipinski definition) is 4. The summed E-state index contributed by atoms with van der Waals surface area (Å²) in [6.07, 6.45) is 1.75. The number of thiocarbonyl (C=S) groups is 1. The minimum absolute atomic E-state index is 0.261. The van der Waals surface area contributed by atoms with Crippen molar-refractivity contribution in [2.24, 2.45) is 5.73 Å². The molecule has 0 saturated heterocycles. The van der Waals surface area contributed by atoms with E-state index < -0.39 is 0 Å². The summed E-state index contributed by atoms with van der Waals surface area (Å²) in [5.74, 6) is 1.06. The van der Waals surface area contributed by atoms with Crippen molar-refractivity contribution in [1.29, 1.82) is 0 Å². The van der Waals surface area contributed by atoms with Gasteiger partial charge >= 0.3 is 0 Å². The van der Waals surface area contributed by atoms with E-state index in [1.165, 1.54) is 0 Å². The van der Waals surface area contributed by atoms with E-state index in [-0.39, 0.29) is 4.99 Å². The van der Waals surface area contributed by atoms with Crippen molar-refractivity contribution >= 4 is 28.1 Å². The van der Waals surface area contributed by atoms with E-state index in [4.69, 9.17) is 22.7 Å². The second kappa shape index (κ2) is 5.46. The predicted octanol–water partition coefficient (Wildman–Crippen LogP) is 3.36. The Bertz CT molecular complexity index is 833. The van der Waals surface area contributed by atoms with Gasteiger partial charge in [-0.3, -0.25) is 4.98 Å². The first-order valence-corrected chi connectivity index (χ1v) is 6.84. The lowest BCUT2D eigenvalue weighted by Crippen LogP contribution is -2.12. The SMILES string of the molecule is Cc1ccc(C(N)=S)c(Oc2ccc3cccnc3c2)n1. The first kappa shape index (κ1) is 13.5. The molecule has 3 aromatic rings. The number of benzene rings is 1. The van der Waals surface area contributed by atoms with Gasteiger partial charge in [0.1, 0.15) is 10.7 Å². The van der Waals surface area contributed by atoms with Gasteiger partial charge in [0.15, 0.2) is 0 Å². The smallest absolute Gasteiger partial charge is 0.229 e. The molecule has 0 aliphatic rings. The van der Waals surface area contributed by atoms with Gasteiger partial charge in [0, 0.05) is 23.3 Å². The fourth-order valence-electron chi connectivity index (χ4n) is 2.02. The van der Waals surface area contributed by atoms with Crippen LogP contribution in [0.5, 0.6) is 11.6 Å². The second-order valence-electron chi connectivity index (χ2n) is 4.63. The molecule has 0 amide bonds. The van der Waals surface area contributed by atoms with E-state index in [1.807, 2.05) is 49.4 Å². The molecule has 2 N–H and O–H groups in total. The van der Waals surface area contributed by atoms with Gasteiger partial charge in [-0.2, -0.15) is 0 Å². The largest absolute Gasteiger partial charge is 0.438 e. The van der Waals surface area contributed by atoms with Crippen LogP contribution in [-0.4, -0.2) is 15.0 Å². The molecule has 0 fully saturated rings. The molecule has 0 atom stereocenters. The first-order valence-electron chi connectivity index (χ1n) is 6.43. The van der Waals surface area contributed by atoms with Crippen molar-refractivity contribution in [2.45, 2.75) is 6.92 Å². The highest BCUT2D eigenvalue weighted by molar-refractivity contribution is 7.80. The molecule has 3 rings (SSSR count). The lowest BCUT2D eigenvalue weighted by Gasteiger charge is -2.10. The van der Waals surface area contributed by atoms with Gasteiger partial charge in [-0.15, -0.1) is 0 Å². The summed E-state index contributed by atoms with van der Waals surface area (Å²) in [6, 6.07) is 13.3. The molecule has 1 aromatic carbocycles. The van der Waals surface area contributed by atoms with Gasteiger partial charge < -0.3 is 10.5 Å². The monoisotopic (exact) mass is 295 g/mol. The van der Waals surface area contributed by atoms with Crippen LogP contribution >= 0.6 is 12.2 Å². The molecule has 0 aliphatic carbocycles. The van der Waals surface area contributed by atoms with Gasteiger partial charge in [-0.05, 0) is 37.3 Å². The molecule has 5 heteroatoms. The van der Waals surface area contributed by atoms with Crippen molar-refractivity contribution in [3.8, 4) is 11.6 Å². The maximum absolute atomic E-state index is 5.84. The van der Waals surface area contributed by atoms with E-state index in [0.717, 1.165) is 16.6 Å². The van der Waals surface area contributed by atoms with Crippen LogP contribution in [0.3, 0.4) is 0 Å². The third-order valence-corrected chi connectivity index (χ3v) is 3.28. The number of hydrogen-bond donors (Lipinski definition) is 1. The van der Waals surface area contributed by atoms with E-state index >= 15 is 0 Å². The summed E-state index contributed by atoms with van der Waals surface area (Å²) in [7, 11) is 0. The highest BCUT2D eigenvalue weighted by atomic mass is 32.1. The molecular weight excluding hydrogens is 282 g/mol. The average Bonchev–Trinajstić information content (AvgIpc) is 2.47. The number of ether oxygens (including phenoxy) is 1. The van der Waals surface area contributed by atoms with Gasteiger partial charge in [0.25, 0.3) is 0 Å². The van der Waals surface area contributed by atoms with E-state index in [0.29, 0.717) is 17.2 Å². The Morgan fingerprint density at radius 3 is 2.86 bits per heavy atom. The van der Waals surface area contributed by atoms with Gasteiger partial charge in [-0.1, -0.05) is 18.3 Å². The molecule has 0 spiro atoms. The number of nitrogens with two attached hydrogens (primary N) is 1. The van der Waals surface area contributed by atoms with Crippen LogP contribution in [0.25, 0.3) is 10.9 Å². The molecule has 0 saturated carbocycles. The molecule has 2 heterocycles. The number of pyridine rings is 2. The first-order chi connectivity index (χ1) is 10.1. The number of fused-ring (bicyclic) bond motifs is 1. The van der Waals surface area contributed by atoms with Crippen molar-refractivity contribution in [3.05, 3.63) is 59.9 Å². The highest BCUT2D eigenvalue weighted by Crippen LogP contribution is 2.26. The van der Waals surface area contributed by atoms with Crippen LogP contribution in [0.4, 0.5) is 0 Å². The van der Waals surface area contributed by atoms with Crippen LogP contribution in [0, 0.1) is 6.92 Å². The molecule has 21 heavy (non-hydrogen) atoms. The zero-order valence-corrected chi connectivity index (χ0v) is 12.2. The van der Waals surface area contributed by atoms with Crippen LogP contribution < -0.4 is 10.5 Å².